The first-order valence-electron chi connectivity index (χ1n) is 5.60. The molecule has 4 heteroatoms. The molecule has 0 heterocycles. The number of rotatable bonds is 5. The maximum atomic E-state index is 10.8. The summed E-state index contributed by atoms with van der Waals surface area (Å²) in [5.74, 6) is 0.233. The van der Waals surface area contributed by atoms with Crippen LogP contribution in [-0.2, 0) is 16.1 Å². The summed E-state index contributed by atoms with van der Waals surface area (Å²) in [5, 5.41) is 10.6. The fraction of sp³-hybridized carbons (Fsp3) is 0.462. The second kappa shape index (κ2) is 5.68. The second-order valence-corrected chi connectivity index (χ2v) is 4.87. The van der Waals surface area contributed by atoms with Crippen LogP contribution in [0.3, 0.4) is 0 Å². The van der Waals surface area contributed by atoms with Gasteiger partial charge in [-0.3, -0.25) is 9.63 Å². The molecule has 1 rings (SSSR count). The molecule has 0 fully saturated rings. The van der Waals surface area contributed by atoms with Crippen LogP contribution in [0.2, 0.25) is 0 Å². The summed E-state index contributed by atoms with van der Waals surface area (Å²) in [6.45, 7) is 6.12. The fourth-order valence-corrected chi connectivity index (χ4v) is 1.42. The van der Waals surface area contributed by atoms with Gasteiger partial charge in [-0.2, -0.15) is 0 Å². The number of hydrogen-bond donors (Lipinski definition) is 1. The Labute approximate surface area is 102 Å². The van der Waals surface area contributed by atoms with Crippen LogP contribution < -0.4 is 0 Å². The predicted molar refractivity (Wildman–Crippen MR) is 65.4 cm³/mol. The van der Waals surface area contributed by atoms with Gasteiger partial charge in [-0.25, -0.2) is 5.06 Å². The summed E-state index contributed by atoms with van der Waals surface area (Å²) in [5.41, 5.74) is 0.578. The fourth-order valence-electron chi connectivity index (χ4n) is 1.42. The monoisotopic (exact) mass is 237 g/mol. The van der Waals surface area contributed by atoms with E-state index < -0.39 is 0 Å². The smallest absolute Gasteiger partial charge is 0.233 e. The van der Waals surface area contributed by atoms with Crippen molar-refractivity contribution < 1.29 is 14.7 Å². The van der Waals surface area contributed by atoms with E-state index in [2.05, 4.69) is 0 Å². The number of hydrogen-bond acceptors (Lipinski definition) is 3. The van der Waals surface area contributed by atoms with E-state index in [0.717, 1.165) is 5.56 Å². The molecule has 0 unspecified atom stereocenters. The zero-order valence-electron chi connectivity index (χ0n) is 10.5. The molecule has 0 bridgehead atoms. The van der Waals surface area contributed by atoms with Crippen molar-refractivity contribution in [3.63, 3.8) is 0 Å². The van der Waals surface area contributed by atoms with Crippen LogP contribution in [0, 0.1) is 0 Å². The van der Waals surface area contributed by atoms with Crippen molar-refractivity contribution in [1.82, 2.24) is 5.06 Å². The van der Waals surface area contributed by atoms with E-state index in [1.165, 1.54) is 5.06 Å². The number of phenols is 1. The van der Waals surface area contributed by atoms with E-state index >= 15 is 0 Å². The Bertz CT molecular complexity index is 371. The first kappa shape index (κ1) is 13.5. The zero-order chi connectivity index (χ0) is 12.9. The van der Waals surface area contributed by atoms with Gasteiger partial charge in [0.15, 0.2) is 0 Å². The third kappa shape index (κ3) is 5.36. The molecule has 0 aromatic heterocycles. The van der Waals surface area contributed by atoms with Gasteiger partial charge in [0.2, 0.25) is 6.41 Å². The summed E-state index contributed by atoms with van der Waals surface area (Å²) in [4.78, 5) is 16.3. The quantitative estimate of drug-likeness (QED) is 0.630. The van der Waals surface area contributed by atoms with Crippen molar-refractivity contribution in [1.29, 1.82) is 0 Å². The van der Waals surface area contributed by atoms with E-state index in [4.69, 9.17) is 4.84 Å². The van der Waals surface area contributed by atoms with Gasteiger partial charge in [0.25, 0.3) is 0 Å². The normalized spacial score (nSPS) is 11.2. The molecule has 0 aliphatic rings. The van der Waals surface area contributed by atoms with Gasteiger partial charge in [-0.1, -0.05) is 12.1 Å². The number of phenolic OH excluding ortho intramolecular Hbond substituents is 1. The molecule has 0 saturated heterocycles. The Morgan fingerprint density at radius 3 is 2.65 bits per heavy atom. The molecule has 1 aromatic rings. The molecule has 1 amide bonds. The highest BCUT2D eigenvalue weighted by molar-refractivity contribution is 5.45. The molecule has 0 radical (unpaired) electrons. The van der Waals surface area contributed by atoms with Crippen LogP contribution in [0.4, 0.5) is 0 Å². The SMILES string of the molecule is CC(C)(C)ON(C=O)CCc1cccc(O)c1. The molecule has 94 valence electrons. The highest BCUT2D eigenvalue weighted by Gasteiger charge is 2.15. The van der Waals surface area contributed by atoms with Crippen molar-refractivity contribution in [3.8, 4) is 5.75 Å². The number of aromatic hydroxyl groups is 1. The number of nitrogens with zero attached hydrogens (tertiary/aromatic N) is 1. The maximum absolute atomic E-state index is 10.8. The predicted octanol–water partition coefficient (Wildman–Crippen LogP) is 2.12. The lowest BCUT2D eigenvalue weighted by Gasteiger charge is -2.26. The van der Waals surface area contributed by atoms with Gasteiger partial charge >= 0.3 is 0 Å². The third-order valence-electron chi connectivity index (χ3n) is 2.04. The largest absolute Gasteiger partial charge is 0.508 e. The van der Waals surface area contributed by atoms with Crippen LogP contribution >= 0.6 is 0 Å². The van der Waals surface area contributed by atoms with Crippen LogP contribution in [0.15, 0.2) is 24.3 Å². The van der Waals surface area contributed by atoms with Crippen LogP contribution in [0.1, 0.15) is 26.3 Å². The Kier molecular flexibility index (Phi) is 4.52. The topological polar surface area (TPSA) is 49.8 Å². The number of amides is 1. The van der Waals surface area contributed by atoms with Gasteiger partial charge in [-0.15, -0.1) is 0 Å². The first-order valence-corrected chi connectivity index (χ1v) is 5.60. The Morgan fingerprint density at radius 1 is 1.41 bits per heavy atom. The van der Waals surface area contributed by atoms with Gasteiger partial charge in [0, 0.05) is 0 Å². The van der Waals surface area contributed by atoms with E-state index in [1.54, 1.807) is 18.2 Å². The average Bonchev–Trinajstić information content (AvgIpc) is 2.23. The highest BCUT2D eigenvalue weighted by atomic mass is 16.7. The zero-order valence-corrected chi connectivity index (χ0v) is 10.5. The lowest BCUT2D eigenvalue weighted by atomic mass is 10.1. The molecule has 0 aliphatic carbocycles. The molecule has 17 heavy (non-hydrogen) atoms. The number of carbonyl (C=O) groups excluding carboxylic acids is 1. The van der Waals surface area contributed by atoms with Gasteiger partial charge in [0.1, 0.15) is 5.75 Å². The molecule has 1 aromatic carbocycles. The summed E-state index contributed by atoms with van der Waals surface area (Å²) in [6.07, 6.45) is 1.32. The summed E-state index contributed by atoms with van der Waals surface area (Å²) in [6, 6.07) is 6.98. The summed E-state index contributed by atoms with van der Waals surface area (Å²) >= 11 is 0. The van der Waals surface area contributed by atoms with E-state index in [-0.39, 0.29) is 11.4 Å². The molecule has 0 atom stereocenters. The maximum Gasteiger partial charge on any atom is 0.233 e. The Hall–Kier alpha value is -1.55. The van der Waals surface area contributed by atoms with E-state index in [9.17, 15) is 9.90 Å². The average molecular weight is 237 g/mol. The van der Waals surface area contributed by atoms with Crippen LogP contribution in [0.25, 0.3) is 0 Å². The number of carbonyl (C=O) groups is 1. The summed E-state index contributed by atoms with van der Waals surface area (Å²) in [7, 11) is 0. The van der Waals surface area contributed by atoms with Crippen molar-refractivity contribution in [2.75, 3.05) is 6.54 Å². The van der Waals surface area contributed by atoms with Crippen molar-refractivity contribution in [2.45, 2.75) is 32.8 Å². The minimum absolute atomic E-state index is 0.233. The van der Waals surface area contributed by atoms with Gasteiger partial charge in [-0.05, 0) is 44.9 Å². The molecular formula is C13H19NO3. The lowest BCUT2D eigenvalue weighted by Crippen LogP contribution is -2.34. The highest BCUT2D eigenvalue weighted by Crippen LogP contribution is 2.13. The van der Waals surface area contributed by atoms with Crippen LogP contribution in [-0.4, -0.2) is 28.7 Å². The Balaban J connectivity index is 2.51. The molecule has 0 spiro atoms. The molecular weight excluding hydrogens is 218 g/mol. The van der Waals surface area contributed by atoms with E-state index in [1.807, 2.05) is 26.8 Å². The molecule has 1 N–H and O–H groups in total. The number of hydroxylamine groups is 2. The minimum atomic E-state index is -0.389. The summed E-state index contributed by atoms with van der Waals surface area (Å²) < 4.78 is 0. The molecule has 4 nitrogen and oxygen atoms in total. The Morgan fingerprint density at radius 2 is 2.12 bits per heavy atom. The molecule has 0 aliphatic heterocycles. The van der Waals surface area contributed by atoms with E-state index in [0.29, 0.717) is 19.4 Å². The van der Waals surface area contributed by atoms with Crippen molar-refractivity contribution in [2.24, 2.45) is 0 Å². The lowest BCUT2D eigenvalue weighted by molar-refractivity contribution is -0.215. The van der Waals surface area contributed by atoms with Crippen LogP contribution in [0.5, 0.6) is 5.75 Å². The van der Waals surface area contributed by atoms with Gasteiger partial charge < -0.3 is 5.11 Å². The number of benzene rings is 1. The van der Waals surface area contributed by atoms with Gasteiger partial charge in [0.05, 0.1) is 12.1 Å². The third-order valence-corrected chi connectivity index (χ3v) is 2.04. The van der Waals surface area contributed by atoms with Crippen molar-refractivity contribution >= 4 is 6.41 Å². The molecule has 0 saturated carbocycles. The van der Waals surface area contributed by atoms with Crippen molar-refractivity contribution in [3.05, 3.63) is 29.8 Å². The standard InChI is InChI=1S/C13H19NO3/c1-13(2,3)17-14(10-15)8-7-11-5-4-6-12(16)9-11/h4-6,9-10,16H,7-8H2,1-3H3. The first-order chi connectivity index (χ1) is 7.90. The minimum Gasteiger partial charge on any atom is -0.508 e. The second-order valence-electron chi connectivity index (χ2n) is 4.87.